The highest BCUT2D eigenvalue weighted by Crippen LogP contribution is 2.22. The maximum Gasteiger partial charge on any atom is 0.0294 e. The van der Waals surface area contributed by atoms with Crippen LogP contribution < -0.4 is 5.73 Å². The van der Waals surface area contributed by atoms with Gasteiger partial charge in [0.2, 0.25) is 0 Å². The summed E-state index contributed by atoms with van der Waals surface area (Å²) in [5, 5.41) is 0. The number of hydrogen-bond acceptors (Lipinski definition) is 1. The van der Waals surface area contributed by atoms with E-state index in [9.17, 15) is 0 Å². The Hall–Kier alpha value is -1.08. The van der Waals surface area contributed by atoms with Crippen LogP contribution in [0.4, 0.5) is 0 Å². The summed E-state index contributed by atoms with van der Waals surface area (Å²) in [7, 11) is 0. The molecule has 0 heterocycles. The molecule has 104 valence electrons. The van der Waals surface area contributed by atoms with E-state index in [-0.39, 0.29) is 6.04 Å². The minimum atomic E-state index is 0.207. The Morgan fingerprint density at radius 3 is 2.74 bits per heavy atom. The fourth-order valence-corrected chi connectivity index (χ4v) is 2.94. The van der Waals surface area contributed by atoms with Crippen molar-refractivity contribution in [1.29, 1.82) is 0 Å². The minimum absolute atomic E-state index is 0.207. The summed E-state index contributed by atoms with van der Waals surface area (Å²) in [5.74, 6) is 0. The lowest BCUT2D eigenvalue weighted by Gasteiger charge is -2.19. The van der Waals surface area contributed by atoms with E-state index in [0.29, 0.717) is 0 Å². The summed E-state index contributed by atoms with van der Waals surface area (Å²) in [5.41, 5.74) is 12.1. The molecule has 1 aromatic carbocycles. The summed E-state index contributed by atoms with van der Waals surface area (Å²) in [4.78, 5) is 0. The fraction of sp³-hybridized carbons (Fsp3) is 0.556. The van der Waals surface area contributed by atoms with Gasteiger partial charge in [-0.25, -0.2) is 0 Å². The van der Waals surface area contributed by atoms with Gasteiger partial charge in [-0.15, -0.1) is 0 Å². The van der Waals surface area contributed by atoms with Crippen molar-refractivity contribution < 1.29 is 0 Å². The van der Waals surface area contributed by atoms with Crippen molar-refractivity contribution >= 4 is 0 Å². The Bertz CT molecular complexity index is 445. The molecule has 0 bridgehead atoms. The van der Waals surface area contributed by atoms with Gasteiger partial charge in [-0.1, -0.05) is 48.3 Å². The van der Waals surface area contributed by atoms with Crippen LogP contribution in [0.5, 0.6) is 0 Å². The van der Waals surface area contributed by atoms with Gasteiger partial charge in [0.05, 0.1) is 0 Å². The van der Waals surface area contributed by atoms with Gasteiger partial charge in [0, 0.05) is 6.04 Å². The monoisotopic (exact) mass is 257 g/mol. The van der Waals surface area contributed by atoms with E-state index in [1.54, 1.807) is 0 Å². The van der Waals surface area contributed by atoms with Crippen LogP contribution in [-0.4, -0.2) is 6.04 Å². The standard InChI is InChI=1S/C18H27N/c1-14-10-11-15(2)17(12-14)13-18(19)16-8-6-4-3-5-7-9-16/h8,10-12,18H,3-7,9,13,19H2,1-2H3/b16-8+. The summed E-state index contributed by atoms with van der Waals surface area (Å²) in [6.07, 6.45) is 11.2. The van der Waals surface area contributed by atoms with Crippen molar-refractivity contribution in [3.63, 3.8) is 0 Å². The molecule has 0 spiro atoms. The van der Waals surface area contributed by atoms with Gasteiger partial charge in [0.15, 0.2) is 0 Å². The lowest BCUT2D eigenvalue weighted by atomic mass is 9.90. The zero-order valence-electron chi connectivity index (χ0n) is 12.4. The van der Waals surface area contributed by atoms with Crippen LogP contribution in [0.15, 0.2) is 29.8 Å². The van der Waals surface area contributed by atoms with Crippen LogP contribution in [0.3, 0.4) is 0 Å². The predicted molar refractivity (Wildman–Crippen MR) is 83.4 cm³/mol. The van der Waals surface area contributed by atoms with Crippen LogP contribution in [-0.2, 0) is 6.42 Å². The first-order valence-corrected chi connectivity index (χ1v) is 7.67. The molecule has 1 nitrogen and oxygen atoms in total. The lowest BCUT2D eigenvalue weighted by molar-refractivity contribution is 0.594. The zero-order valence-corrected chi connectivity index (χ0v) is 12.4. The molecule has 0 amide bonds. The molecule has 2 rings (SSSR count). The minimum Gasteiger partial charge on any atom is -0.324 e. The second-order valence-electron chi connectivity index (χ2n) is 5.97. The third-order valence-electron chi connectivity index (χ3n) is 4.25. The van der Waals surface area contributed by atoms with Crippen molar-refractivity contribution in [2.75, 3.05) is 0 Å². The van der Waals surface area contributed by atoms with Crippen molar-refractivity contribution in [3.8, 4) is 0 Å². The SMILES string of the molecule is Cc1ccc(C)c(CC(N)/C2=C/CCCCCC2)c1. The van der Waals surface area contributed by atoms with Crippen molar-refractivity contribution in [2.24, 2.45) is 5.73 Å². The summed E-state index contributed by atoms with van der Waals surface area (Å²) in [6, 6.07) is 6.89. The van der Waals surface area contributed by atoms with Crippen molar-refractivity contribution in [1.82, 2.24) is 0 Å². The van der Waals surface area contributed by atoms with E-state index >= 15 is 0 Å². The maximum atomic E-state index is 6.45. The van der Waals surface area contributed by atoms with E-state index in [1.165, 1.54) is 60.8 Å². The van der Waals surface area contributed by atoms with Gasteiger partial charge in [-0.05, 0) is 57.1 Å². The zero-order chi connectivity index (χ0) is 13.7. The van der Waals surface area contributed by atoms with Crippen LogP contribution in [0.25, 0.3) is 0 Å². The molecule has 0 radical (unpaired) electrons. The molecule has 1 heteroatoms. The highest BCUT2D eigenvalue weighted by Gasteiger charge is 2.12. The molecule has 2 N–H and O–H groups in total. The maximum absolute atomic E-state index is 6.45. The topological polar surface area (TPSA) is 26.0 Å². The number of hydrogen-bond donors (Lipinski definition) is 1. The first-order chi connectivity index (χ1) is 9.16. The molecule has 1 unspecified atom stereocenters. The molecular formula is C18H27N. The van der Waals surface area contributed by atoms with E-state index < -0.39 is 0 Å². The van der Waals surface area contributed by atoms with Gasteiger partial charge < -0.3 is 5.73 Å². The van der Waals surface area contributed by atoms with E-state index in [1.807, 2.05) is 0 Å². The molecule has 0 saturated carbocycles. The second-order valence-corrected chi connectivity index (χ2v) is 5.97. The third kappa shape index (κ3) is 4.21. The molecule has 19 heavy (non-hydrogen) atoms. The Kier molecular flexibility index (Phi) is 5.21. The van der Waals surface area contributed by atoms with Crippen molar-refractivity contribution in [2.45, 2.75) is 64.8 Å². The first kappa shape index (κ1) is 14.3. The molecule has 0 saturated heterocycles. The number of benzene rings is 1. The molecule has 1 atom stereocenters. The average molecular weight is 257 g/mol. The lowest BCUT2D eigenvalue weighted by Crippen LogP contribution is -2.26. The predicted octanol–water partition coefficient (Wildman–Crippen LogP) is 4.45. The largest absolute Gasteiger partial charge is 0.324 e. The normalized spacial score (nSPS) is 21.1. The van der Waals surface area contributed by atoms with Crippen LogP contribution >= 0.6 is 0 Å². The molecule has 1 aliphatic carbocycles. The molecule has 0 aromatic heterocycles. The van der Waals surface area contributed by atoms with Gasteiger partial charge in [0.1, 0.15) is 0 Å². The average Bonchev–Trinajstić information content (AvgIpc) is 2.33. The van der Waals surface area contributed by atoms with Gasteiger partial charge in [-0.3, -0.25) is 0 Å². The van der Waals surface area contributed by atoms with E-state index in [2.05, 4.69) is 38.1 Å². The summed E-state index contributed by atoms with van der Waals surface area (Å²) >= 11 is 0. The van der Waals surface area contributed by atoms with E-state index in [4.69, 9.17) is 5.73 Å². The summed E-state index contributed by atoms with van der Waals surface area (Å²) in [6.45, 7) is 4.34. The molecule has 0 aliphatic heterocycles. The Morgan fingerprint density at radius 1 is 1.11 bits per heavy atom. The first-order valence-electron chi connectivity index (χ1n) is 7.67. The quantitative estimate of drug-likeness (QED) is 0.795. The Balaban J connectivity index is 2.06. The fourth-order valence-electron chi connectivity index (χ4n) is 2.94. The molecule has 1 aromatic rings. The van der Waals surface area contributed by atoms with E-state index in [0.717, 1.165) is 6.42 Å². The highest BCUT2D eigenvalue weighted by molar-refractivity contribution is 5.32. The highest BCUT2D eigenvalue weighted by atomic mass is 14.6. The molecule has 1 aliphatic rings. The van der Waals surface area contributed by atoms with Gasteiger partial charge >= 0.3 is 0 Å². The van der Waals surface area contributed by atoms with Crippen LogP contribution in [0, 0.1) is 13.8 Å². The molecule has 0 fully saturated rings. The van der Waals surface area contributed by atoms with Gasteiger partial charge in [0.25, 0.3) is 0 Å². The third-order valence-corrected chi connectivity index (χ3v) is 4.25. The van der Waals surface area contributed by atoms with Crippen molar-refractivity contribution in [3.05, 3.63) is 46.5 Å². The number of nitrogens with two attached hydrogens (primary N) is 1. The van der Waals surface area contributed by atoms with Gasteiger partial charge in [-0.2, -0.15) is 0 Å². The Labute approximate surface area is 117 Å². The summed E-state index contributed by atoms with van der Waals surface area (Å²) < 4.78 is 0. The Morgan fingerprint density at radius 2 is 1.89 bits per heavy atom. The second kappa shape index (κ2) is 6.91. The number of rotatable bonds is 3. The number of allylic oxidation sites excluding steroid dienone is 1. The smallest absolute Gasteiger partial charge is 0.0294 e. The van der Waals surface area contributed by atoms with Crippen LogP contribution in [0.2, 0.25) is 0 Å². The van der Waals surface area contributed by atoms with Crippen LogP contribution in [0.1, 0.15) is 55.2 Å². The number of aryl methyl sites for hydroxylation is 2. The molecular weight excluding hydrogens is 230 g/mol.